The zero-order valence-electron chi connectivity index (χ0n) is 11.0. The Morgan fingerprint density at radius 3 is 2.47 bits per heavy atom. The Bertz CT molecular complexity index is 389. The van der Waals surface area contributed by atoms with Crippen molar-refractivity contribution >= 4 is 6.03 Å². The summed E-state index contributed by atoms with van der Waals surface area (Å²) in [6.45, 7) is 6.33. The van der Waals surface area contributed by atoms with E-state index in [1.807, 2.05) is 35.2 Å². The van der Waals surface area contributed by atoms with Gasteiger partial charge in [-0.15, -0.1) is 0 Å². The van der Waals surface area contributed by atoms with Gasteiger partial charge in [-0.25, -0.2) is 9.36 Å². The molecule has 2 rings (SSSR count). The van der Waals surface area contributed by atoms with Crippen LogP contribution in [0.2, 0.25) is 0 Å². The number of hydrogen-bond donors (Lipinski definition) is 0. The fraction of sp³-hybridized carbons (Fsp3) is 0.692. The van der Waals surface area contributed by atoms with Crippen molar-refractivity contribution < 1.29 is 9.36 Å². The van der Waals surface area contributed by atoms with E-state index >= 15 is 0 Å². The van der Waals surface area contributed by atoms with Gasteiger partial charge in [0.2, 0.25) is 0 Å². The maximum absolute atomic E-state index is 12.2. The number of piperidine rings is 1. The topological polar surface area (TPSA) is 29.1 Å². The molecule has 2 heterocycles. The molecule has 17 heavy (non-hydrogen) atoms. The van der Waals surface area contributed by atoms with E-state index < -0.39 is 0 Å². The SMILES string of the molecule is CC(C)C1CCN(C(=O)n2cc[n+](C)c2)CC1. The fourth-order valence-corrected chi connectivity index (χ4v) is 2.48. The van der Waals surface area contributed by atoms with Crippen LogP contribution < -0.4 is 4.57 Å². The zero-order valence-corrected chi connectivity index (χ0v) is 11.0. The third kappa shape index (κ3) is 2.68. The van der Waals surface area contributed by atoms with Gasteiger partial charge in [0.05, 0.1) is 7.05 Å². The Balaban J connectivity index is 1.95. The van der Waals surface area contributed by atoms with Crippen LogP contribution in [-0.2, 0) is 7.05 Å². The first-order valence-electron chi connectivity index (χ1n) is 6.40. The summed E-state index contributed by atoms with van der Waals surface area (Å²) in [6.07, 6.45) is 7.79. The minimum atomic E-state index is 0.104. The molecule has 0 aliphatic carbocycles. The van der Waals surface area contributed by atoms with E-state index in [2.05, 4.69) is 13.8 Å². The summed E-state index contributed by atoms with van der Waals surface area (Å²) in [4.78, 5) is 14.1. The van der Waals surface area contributed by atoms with Gasteiger partial charge in [-0.2, -0.15) is 4.57 Å². The van der Waals surface area contributed by atoms with Crippen LogP contribution in [-0.4, -0.2) is 28.6 Å². The molecule has 1 aromatic heterocycles. The molecular weight excluding hydrogens is 214 g/mol. The van der Waals surface area contributed by atoms with Crippen LogP contribution in [0.5, 0.6) is 0 Å². The van der Waals surface area contributed by atoms with Gasteiger partial charge in [0.1, 0.15) is 12.4 Å². The highest BCUT2D eigenvalue weighted by Crippen LogP contribution is 2.24. The number of aryl methyl sites for hydroxylation is 1. The molecular formula is C13H22N3O+. The molecule has 1 amide bonds. The maximum Gasteiger partial charge on any atom is 0.415 e. The molecule has 94 valence electrons. The molecule has 1 fully saturated rings. The van der Waals surface area contributed by atoms with Gasteiger partial charge in [-0.3, -0.25) is 0 Å². The molecule has 1 aromatic rings. The van der Waals surface area contributed by atoms with E-state index in [0.717, 1.165) is 37.8 Å². The van der Waals surface area contributed by atoms with E-state index in [1.54, 1.807) is 4.57 Å². The number of hydrogen-bond acceptors (Lipinski definition) is 1. The normalized spacial score (nSPS) is 17.8. The van der Waals surface area contributed by atoms with Crippen molar-refractivity contribution in [2.45, 2.75) is 26.7 Å². The standard InChI is InChI=1S/C13H22N3O/c1-11(2)12-4-6-15(7-5-12)13(17)16-9-8-14(3)10-16/h8-12H,4-7H2,1-3H3/q+1. The fourth-order valence-electron chi connectivity index (χ4n) is 2.48. The minimum Gasteiger partial charge on any atom is -0.304 e. The van der Waals surface area contributed by atoms with Crippen LogP contribution in [0.15, 0.2) is 18.7 Å². The van der Waals surface area contributed by atoms with Gasteiger partial charge in [0.25, 0.3) is 6.33 Å². The van der Waals surface area contributed by atoms with Crippen LogP contribution in [0, 0.1) is 11.8 Å². The van der Waals surface area contributed by atoms with Crippen molar-refractivity contribution in [3.63, 3.8) is 0 Å². The smallest absolute Gasteiger partial charge is 0.304 e. The number of likely N-dealkylation sites (tertiary alicyclic amines) is 1. The van der Waals surface area contributed by atoms with E-state index in [0.29, 0.717) is 0 Å². The highest BCUT2D eigenvalue weighted by atomic mass is 16.2. The quantitative estimate of drug-likeness (QED) is 0.682. The molecule has 0 unspecified atom stereocenters. The molecule has 4 nitrogen and oxygen atoms in total. The summed E-state index contributed by atoms with van der Waals surface area (Å²) < 4.78 is 3.55. The number of imidazole rings is 1. The lowest BCUT2D eigenvalue weighted by Gasteiger charge is -2.32. The summed E-state index contributed by atoms with van der Waals surface area (Å²) in [5.41, 5.74) is 0. The van der Waals surface area contributed by atoms with Crippen molar-refractivity contribution in [2.75, 3.05) is 13.1 Å². The van der Waals surface area contributed by atoms with Crippen molar-refractivity contribution in [1.82, 2.24) is 9.47 Å². The van der Waals surface area contributed by atoms with Gasteiger partial charge in [0, 0.05) is 13.1 Å². The second kappa shape index (κ2) is 4.90. The monoisotopic (exact) mass is 236 g/mol. The van der Waals surface area contributed by atoms with E-state index in [9.17, 15) is 4.79 Å². The second-order valence-corrected chi connectivity index (χ2v) is 5.34. The van der Waals surface area contributed by atoms with Gasteiger partial charge in [-0.1, -0.05) is 13.8 Å². The Morgan fingerprint density at radius 2 is 2.00 bits per heavy atom. The van der Waals surface area contributed by atoms with Crippen molar-refractivity contribution in [3.05, 3.63) is 18.7 Å². The maximum atomic E-state index is 12.2. The molecule has 0 N–H and O–H groups in total. The third-order valence-corrected chi connectivity index (χ3v) is 3.74. The average molecular weight is 236 g/mol. The number of amides is 1. The molecule has 1 saturated heterocycles. The molecule has 0 aromatic carbocycles. The molecule has 0 radical (unpaired) electrons. The number of carbonyl (C=O) groups is 1. The van der Waals surface area contributed by atoms with E-state index in [-0.39, 0.29) is 6.03 Å². The molecule has 0 spiro atoms. The molecule has 1 aliphatic heterocycles. The van der Waals surface area contributed by atoms with Gasteiger partial charge in [-0.05, 0) is 24.7 Å². The molecule has 1 aliphatic rings. The van der Waals surface area contributed by atoms with Crippen molar-refractivity contribution in [1.29, 1.82) is 0 Å². The zero-order chi connectivity index (χ0) is 12.4. The van der Waals surface area contributed by atoms with Crippen LogP contribution in [0.3, 0.4) is 0 Å². The number of rotatable bonds is 1. The number of aromatic nitrogens is 2. The highest BCUT2D eigenvalue weighted by Gasteiger charge is 2.27. The number of nitrogens with zero attached hydrogens (tertiary/aromatic N) is 3. The molecule has 0 bridgehead atoms. The average Bonchev–Trinajstić information content (AvgIpc) is 2.75. The summed E-state index contributed by atoms with van der Waals surface area (Å²) in [7, 11) is 1.93. The second-order valence-electron chi connectivity index (χ2n) is 5.34. The van der Waals surface area contributed by atoms with E-state index in [1.165, 1.54) is 0 Å². The van der Waals surface area contributed by atoms with Gasteiger partial charge >= 0.3 is 6.03 Å². The lowest BCUT2D eigenvalue weighted by Crippen LogP contribution is -2.41. The van der Waals surface area contributed by atoms with E-state index in [4.69, 9.17) is 0 Å². The van der Waals surface area contributed by atoms with Gasteiger partial charge in [0.15, 0.2) is 0 Å². The number of carbonyl (C=O) groups excluding carboxylic acids is 1. The van der Waals surface area contributed by atoms with Crippen LogP contribution in [0.4, 0.5) is 4.79 Å². The predicted molar refractivity (Wildman–Crippen MR) is 65.5 cm³/mol. The summed E-state index contributed by atoms with van der Waals surface area (Å²) >= 11 is 0. The van der Waals surface area contributed by atoms with Crippen LogP contribution in [0.25, 0.3) is 0 Å². The Kier molecular flexibility index (Phi) is 3.50. The summed E-state index contributed by atoms with van der Waals surface area (Å²) in [6, 6.07) is 0.104. The Labute approximate surface area is 103 Å². The highest BCUT2D eigenvalue weighted by molar-refractivity contribution is 5.76. The van der Waals surface area contributed by atoms with Gasteiger partial charge < -0.3 is 4.90 Å². The first kappa shape index (κ1) is 12.1. The third-order valence-electron chi connectivity index (χ3n) is 3.74. The minimum absolute atomic E-state index is 0.104. The first-order chi connectivity index (χ1) is 8.08. The Morgan fingerprint density at radius 1 is 1.35 bits per heavy atom. The lowest BCUT2D eigenvalue weighted by atomic mass is 9.87. The summed E-state index contributed by atoms with van der Waals surface area (Å²) in [5, 5.41) is 0. The molecule has 0 atom stereocenters. The molecule has 4 heteroatoms. The van der Waals surface area contributed by atoms with Crippen LogP contribution >= 0.6 is 0 Å². The van der Waals surface area contributed by atoms with Crippen molar-refractivity contribution in [3.8, 4) is 0 Å². The largest absolute Gasteiger partial charge is 0.415 e. The summed E-state index contributed by atoms with van der Waals surface area (Å²) in [5.74, 6) is 1.51. The first-order valence-corrected chi connectivity index (χ1v) is 6.40. The Hall–Kier alpha value is -1.32. The molecule has 0 saturated carbocycles. The van der Waals surface area contributed by atoms with Crippen LogP contribution in [0.1, 0.15) is 26.7 Å². The predicted octanol–water partition coefficient (Wildman–Crippen LogP) is 1.65. The van der Waals surface area contributed by atoms with Crippen molar-refractivity contribution in [2.24, 2.45) is 18.9 Å². The lowest BCUT2D eigenvalue weighted by molar-refractivity contribution is -0.670.